The van der Waals surface area contributed by atoms with Crippen LogP contribution in [-0.4, -0.2) is 25.6 Å². The number of carbonyl (C=O) groups excluding carboxylic acids is 1. The Hall–Kier alpha value is -1.55. The quantitative estimate of drug-likeness (QED) is 0.851. The van der Waals surface area contributed by atoms with Gasteiger partial charge in [-0.2, -0.15) is 0 Å². The number of nitrogens with one attached hydrogen (secondary N) is 2. The van der Waals surface area contributed by atoms with Crippen molar-refractivity contribution in [1.82, 2.24) is 10.6 Å². The molecule has 2 N–H and O–H groups in total. The number of carbonyl (C=O) groups is 1. The van der Waals surface area contributed by atoms with E-state index in [1.807, 2.05) is 25.1 Å². The minimum Gasteiger partial charge on any atom is -0.493 e. The van der Waals surface area contributed by atoms with Crippen LogP contribution in [0.25, 0.3) is 0 Å². The molecule has 104 valence electrons. The molecular weight excluding hydrogens is 240 g/mol. The topological polar surface area (TPSA) is 50.4 Å². The van der Waals surface area contributed by atoms with Crippen LogP contribution in [0.5, 0.6) is 5.75 Å². The Morgan fingerprint density at radius 3 is 3.00 bits per heavy atom. The average molecular weight is 262 g/mol. The lowest BCUT2D eigenvalue weighted by molar-refractivity contribution is -0.120. The standard InChI is InChI=1S/C15H22N2O2/c1-3-8-16-14(18)9-17-15-11(2)10-19-13-7-5-4-6-12(13)15/h4-7,11,15,17H,3,8-10H2,1-2H3,(H,16,18). The average Bonchev–Trinajstić information content (AvgIpc) is 2.44. The molecule has 19 heavy (non-hydrogen) atoms. The third kappa shape index (κ3) is 3.47. The first-order valence-corrected chi connectivity index (χ1v) is 6.94. The van der Waals surface area contributed by atoms with Gasteiger partial charge in [0.05, 0.1) is 13.2 Å². The van der Waals surface area contributed by atoms with E-state index in [-0.39, 0.29) is 11.9 Å². The summed E-state index contributed by atoms with van der Waals surface area (Å²) >= 11 is 0. The van der Waals surface area contributed by atoms with Gasteiger partial charge in [-0.05, 0) is 12.5 Å². The van der Waals surface area contributed by atoms with Gasteiger partial charge in [0, 0.05) is 24.1 Å². The lowest BCUT2D eigenvalue weighted by Gasteiger charge is -2.32. The molecule has 1 aromatic carbocycles. The highest BCUT2D eigenvalue weighted by Crippen LogP contribution is 2.34. The lowest BCUT2D eigenvalue weighted by Crippen LogP contribution is -2.40. The first-order chi connectivity index (χ1) is 9.22. The van der Waals surface area contributed by atoms with Crippen LogP contribution in [0.15, 0.2) is 24.3 Å². The van der Waals surface area contributed by atoms with Crippen LogP contribution in [0.2, 0.25) is 0 Å². The molecule has 0 saturated carbocycles. The minimum absolute atomic E-state index is 0.0537. The largest absolute Gasteiger partial charge is 0.493 e. The zero-order valence-corrected chi connectivity index (χ0v) is 11.6. The molecule has 4 nitrogen and oxygen atoms in total. The van der Waals surface area contributed by atoms with Gasteiger partial charge >= 0.3 is 0 Å². The summed E-state index contributed by atoms with van der Waals surface area (Å²) in [7, 11) is 0. The van der Waals surface area contributed by atoms with Crippen molar-refractivity contribution in [3.05, 3.63) is 29.8 Å². The van der Waals surface area contributed by atoms with E-state index in [4.69, 9.17) is 4.74 Å². The van der Waals surface area contributed by atoms with Gasteiger partial charge in [0.2, 0.25) is 5.91 Å². The van der Waals surface area contributed by atoms with E-state index in [0.29, 0.717) is 19.1 Å². The molecule has 4 heteroatoms. The first kappa shape index (κ1) is 13.9. The number of hydrogen-bond acceptors (Lipinski definition) is 3. The predicted molar refractivity (Wildman–Crippen MR) is 75.1 cm³/mol. The molecule has 1 amide bonds. The van der Waals surface area contributed by atoms with Crippen LogP contribution in [-0.2, 0) is 4.79 Å². The van der Waals surface area contributed by atoms with Crippen LogP contribution in [0.4, 0.5) is 0 Å². The summed E-state index contributed by atoms with van der Waals surface area (Å²) in [4.78, 5) is 11.7. The molecule has 0 saturated heterocycles. The van der Waals surface area contributed by atoms with Gasteiger partial charge in [-0.1, -0.05) is 32.0 Å². The van der Waals surface area contributed by atoms with Crippen LogP contribution in [0.1, 0.15) is 31.9 Å². The van der Waals surface area contributed by atoms with Gasteiger partial charge in [-0.25, -0.2) is 0 Å². The predicted octanol–water partition coefficient (Wildman–Crippen LogP) is 1.87. The third-order valence-corrected chi connectivity index (χ3v) is 3.38. The molecular formula is C15H22N2O2. The maximum Gasteiger partial charge on any atom is 0.233 e. The van der Waals surface area contributed by atoms with Crippen LogP contribution >= 0.6 is 0 Å². The Balaban J connectivity index is 1.97. The Kier molecular flexibility index (Phi) is 4.80. The molecule has 0 spiro atoms. The Labute approximate surface area is 114 Å². The van der Waals surface area contributed by atoms with Crippen molar-refractivity contribution in [3.8, 4) is 5.75 Å². The number of ether oxygens (including phenoxy) is 1. The molecule has 2 unspecified atom stereocenters. The maximum atomic E-state index is 11.7. The molecule has 0 fully saturated rings. The molecule has 1 aliphatic rings. The van der Waals surface area contributed by atoms with E-state index in [0.717, 1.165) is 24.3 Å². The summed E-state index contributed by atoms with van der Waals surface area (Å²) in [6, 6.07) is 8.20. The van der Waals surface area contributed by atoms with E-state index in [2.05, 4.69) is 23.6 Å². The lowest BCUT2D eigenvalue weighted by atomic mass is 9.92. The highest BCUT2D eigenvalue weighted by atomic mass is 16.5. The number of para-hydroxylation sites is 1. The SMILES string of the molecule is CCCNC(=O)CNC1c2ccccc2OCC1C. The summed E-state index contributed by atoms with van der Waals surface area (Å²) in [6.45, 7) is 5.96. The highest BCUT2D eigenvalue weighted by molar-refractivity contribution is 5.78. The number of hydrogen-bond donors (Lipinski definition) is 2. The monoisotopic (exact) mass is 262 g/mol. The molecule has 1 aromatic rings. The van der Waals surface area contributed by atoms with Gasteiger partial charge in [-0.3, -0.25) is 4.79 Å². The van der Waals surface area contributed by atoms with E-state index in [1.54, 1.807) is 0 Å². The van der Waals surface area contributed by atoms with Crippen molar-refractivity contribution in [2.45, 2.75) is 26.3 Å². The van der Waals surface area contributed by atoms with Gasteiger partial charge < -0.3 is 15.4 Å². The van der Waals surface area contributed by atoms with Crippen molar-refractivity contribution < 1.29 is 9.53 Å². The van der Waals surface area contributed by atoms with Crippen LogP contribution < -0.4 is 15.4 Å². The van der Waals surface area contributed by atoms with E-state index in [9.17, 15) is 4.79 Å². The van der Waals surface area contributed by atoms with Gasteiger partial charge in [-0.15, -0.1) is 0 Å². The number of amides is 1. The fourth-order valence-electron chi connectivity index (χ4n) is 2.33. The number of benzene rings is 1. The second kappa shape index (κ2) is 6.57. The smallest absolute Gasteiger partial charge is 0.233 e. The first-order valence-electron chi connectivity index (χ1n) is 6.94. The second-order valence-corrected chi connectivity index (χ2v) is 5.03. The van der Waals surface area contributed by atoms with Crippen LogP contribution in [0, 0.1) is 5.92 Å². The Morgan fingerprint density at radius 1 is 1.42 bits per heavy atom. The van der Waals surface area contributed by atoms with E-state index in [1.165, 1.54) is 0 Å². The summed E-state index contributed by atoms with van der Waals surface area (Å²) < 4.78 is 5.70. The van der Waals surface area contributed by atoms with Crippen molar-refractivity contribution in [3.63, 3.8) is 0 Å². The van der Waals surface area contributed by atoms with Crippen molar-refractivity contribution in [2.75, 3.05) is 19.7 Å². The number of rotatable bonds is 5. The summed E-state index contributed by atoms with van der Waals surface area (Å²) in [5, 5.41) is 6.22. The molecule has 0 bridgehead atoms. The molecule has 2 atom stereocenters. The van der Waals surface area contributed by atoms with E-state index >= 15 is 0 Å². The molecule has 2 rings (SSSR count). The third-order valence-electron chi connectivity index (χ3n) is 3.38. The van der Waals surface area contributed by atoms with Crippen molar-refractivity contribution in [2.24, 2.45) is 5.92 Å². The van der Waals surface area contributed by atoms with E-state index < -0.39 is 0 Å². The molecule has 1 heterocycles. The van der Waals surface area contributed by atoms with Crippen molar-refractivity contribution >= 4 is 5.91 Å². The van der Waals surface area contributed by atoms with Gasteiger partial charge in [0.1, 0.15) is 5.75 Å². The van der Waals surface area contributed by atoms with Crippen LogP contribution in [0.3, 0.4) is 0 Å². The zero-order valence-electron chi connectivity index (χ0n) is 11.6. The second-order valence-electron chi connectivity index (χ2n) is 5.03. The summed E-state index contributed by atoms with van der Waals surface area (Å²) in [6.07, 6.45) is 0.961. The minimum atomic E-state index is 0.0537. The zero-order chi connectivity index (χ0) is 13.7. The number of fused-ring (bicyclic) bond motifs is 1. The molecule has 0 radical (unpaired) electrons. The summed E-state index contributed by atoms with van der Waals surface area (Å²) in [5.74, 6) is 1.33. The van der Waals surface area contributed by atoms with Gasteiger partial charge in [0.25, 0.3) is 0 Å². The van der Waals surface area contributed by atoms with Crippen molar-refractivity contribution in [1.29, 1.82) is 0 Å². The van der Waals surface area contributed by atoms with Gasteiger partial charge in [0.15, 0.2) is 0 Å². The Morgan fingerprint density at radius 2 is 2.21 bits per heavy atom. The fourth-order valence-corrected chi connectivity index (χ4v) is 2.33. The Bertz CT molecular complexity index is 434. The molecule has 0 aromatic heterocycles. The maximum absolute atomic E-state index is 11.7. The highest BCUT2D eigenvalue weighted by Gasteiger charge is 2.27. The molecule has 0 aliphatic carbocycles. The summed E-state index contributed by atoms with van der Waals surface area (Å²) in [5.41, 5.74) is 1.14. The molecule has 1 aliphatic heterocycles. The fraction of sp³-hybridized carbons (Fsp3) is 0.533. The normalized spacial score (nSPS) is 21.4.